The normalized spacial score (nSPS) is 43.2. The highest BCUT2D eigenvalue weighted by Crippen LogP contribution is 2.65. The van der Waals surface area contributed by atoms with E-state index in [4.69, 9.17) is 4.74 Å². The Morgan fingerprint density at radius 2 is 2.12 bits per heavy atom. The first kappa shape index (κ1) is 16.6. The Bertz CT molecular complexity index is 744. The van der Waals surface area contributed by atoms with E-state index in [2.05, 4.69) is 13.0 Å². The number of hydrogen-bond acceptors (Lipinski definition) is 4. The van der Waals surface area contributed by atoms with Crippen LogP contribution in [0.2, 0.25) is 0 Å². The Kier molecular flexibility index (Phi) is 3.66. The lowest BCUT2D eigenvalue weighted by Gasteiger charge is -2.50. The Balaban J connectivity index is 1.47. The minimum Gasteiger partial charge on any atom is -0.508 e. The summed E-state index contributed by atoms with van der Waals surface area (Å²) in [6, 6.07) is 5.91. The zero-order valence-corrected chi connectivity index (χ0v) is 15.4. The topological polar surface area (TPSA) is 66.8 Å². The predicted molar refractivity (Wildman–Crippen MR) is 96.7 cm³/mol. The van der Waals surface area contributed by atoms with Crippen LogP contribution in [-0.2, 0) is 16.0 Å². The van der Waals surface area contributed by atoms with Gasteiger partial charge in [0.15, 0.2) is 0 Å². The first-order valence-corrected chi connectivity index (χ1v) is 10.2. The fraction of sp³-hybridized carbons (Fsp3) is 0.682. The average molecular weight is 356 g/mol. The summed E-state index contributed by atoms with van der Waals surface area (Å²) in [6.45, 7) is 2.41. The van der Waals surface area contributed by atoms with Crippen molar-refractivity contribution in [1.29, 1.82) is 0 Å². The van der Waals surface area contributed by atoms with Crippen molar-refractivity contribution in [3.05, 3.63) is 29.3 Å². The Morgan fingerprint density at radius 1 is 1.27 bits per heavy atom. The fourth-order valence-electron chi connectivity index (χ4n) is 7.08. The summed E-state index contributed by atoms with van der Waals surface area (Å²) in [4.78, 5) is 12.3. The maximum atomic E-state index is 12.3. The molecule has 0 radical (unpaired) electrons. The van der Waals surface area contributed by atoms with Gasteiger partial charge >= 0.3 is 5.97 Å². The van der Waals surface area contributed by atoms with Gasteiger partial charge in [0.25, 0.3) is 0 Å². The molecule has 5 rings (SSSR count). The number of fused-ring (bicyclic) bond motifs is 7. The van der Waals surface area contributed by atoms with Gasteiger partial charge in [-0.25, -0.2) is 0 Å². The Labute approximate surface area is 154 Å². The number of ether oxygens (including phenoxy) is 1. The van der Waals surface area contributed by atoms with Crippen LogP contribution in [0.4, 0.5) is 0 Å². The monoisotopic (exact) mass is 356 g/mol. The fourth-order valence-corrected chi connectivity index (χ4v) is 7.08. The molecule has 3 fully saturated rings. The summed E-state index contributed by atoms with van der Waals surface area (Å²) in [6.07, 6.45) is 6.08. The number of aliphatic hydroxyl groups is 1. The van der Waals surface area contributed by atoms with Crippen molar-refractivity contribution in [3.63, 3.8) is 0 Å². The largest absolute Gasteiger partial charge is 0.508 e. The second-order valence-electron chi connectivity index (χ2n) is 9.22. The summed E-state index contributed by atoms with van der Waals surface area (Å²) >= 11 is 0. The van der Waals surface area contributed by atoms with Crippen LogP contribution in [0.25, 0.3) is 0 Å². The first-order chi connectivity index (χ1) is 12.5. The van der Waals surface area contributed by atoms with E-state index in [0.29, 0.717) is 29.9 Å². The number of carbonyl (C=O) groups is 1. The number of benzene rings is 1. The molecule has 2 N–H and O–H groups in total. The molecule has 26 heavy (non-hydrogen) atoms. The quantitative estimate of drug-likeness (QED) is 0.797. The molecular weight excluding hydrogens is 328 g/mol. The zero-order valence-electron chi connectivity index (χ0n) is 15.4. The molecule has 0 aromatic heterocycles. The highest BCUT2D eigenvalue weighted by atomic mass is 16.6. The van der Waals surface area contributed by atoms with E-state index in [1.165, 1.54) is 17.5 Å². The number of carbonyl (C=O) groups excluding carboxylic acids is 1. The highest BCUT2D eigenvalue weighted by molar-refractivity contribution is 5.75. The molecule has 4 nitrogen and oxygen atoms in total. The van der Waals surface area contributed by atoms with Crippen LogP contribution in [0.1, 0.15) is 56.1 Å². The summed E-state index contributed by atoms with van der Waals surface area (Å²) in [7, 11) is 0. The van der Waals surface area contributed by atoms with Gasteiger partial charge in [-0.05, 0) is 79.5 Å². The molecule has 1 aromatic rings. The highest BCUT2D eigenvalue weighted by Gasteiger charge is 2.64. The number of aromatic hydroxyl groups is 1. The summed E-state index contributed by atoms with van der Waals surface area (Å²) in [5.74, 6) is 2.27. The van der Waals surface area contributed by atoms with E-state index in [0.717, 1.165) is 25.7 Å². The number of hydrogen-bond donors (Lipinski definition) is 2. The van der Waals surface area contributed by atoms with E-state index >= 15 is 0 Å². The van der Waals surface area contributed by atoms with Crippen LogP contribution in [0.5, 0.6) is 5.75 Å². The van der Waals surface area contributed by atoms with Gasteiger partial charge in [0.1, 0.15) is 11.9 Å². The molecule has 1 saturated heterocycles. The van der Waals surface area contributed by atoms with Gasteiger partial charge in [-0.1, -0.05) is 13.0 Å². The predicted octanol–water partition coefficient (Wildman–Crippen LogP) is 3.40. The first-order valence-electron chi connectivity index (χ1n) is 10.2. The van der Waals surface area contributed by atoms with Crippen LogP contribution in [0.3, 0.4) is 0 Å². The molecule has 1 aliphatic heterocycles. The van der Waals surface area contributed by atoms with E-state index in [1.807, 2.05) is 12.1 Å². The van der Waals surface area contributed by atoms with Gasteiger partial charge in [-0.15, -0.1) is 0 Å². The molecule has 3 aliphatic carbocycles. The van der Waals surface area contributed by atoms with E-state index in [-0.39, 0.29) is 35.9 Å². The van der Waals surface area contributed by atoms with Crippen LogP contribution >= 0.6 is 0 Å². The molecule has 0 spiro atoms. The number of aliphatic hydroxyl groups excluding tert-OH is 1. The van der Waals surface area contributed by atoms with Crippen LogP contribution in [0.15, 0.2) is 18.2 Å². The van der Waals surface area contributed by atoms with Crippen molar-refractivity contribution < 1.29 is 19.7 Å². The van der Waals surface area contributed by atoms with Crippen molar-refractivity contribution in [1.82, 2.24) is 0 Å². The van der Waals surface area contributed by atoms with Crippen molar-refractivity contribution in [3.8, 4) is 5.75 Å². The van der Waals surface area contributed by atoms with E-state index in [9.17, 15) is 15.0 Å². The molecule has 1 aromatic carbocycles. The Hall–Kier alpha value is -1.55. The minimum absolute atomic E-state index is 0.0405. The number of rotatable bonds is 2. The van der Waals surface area contributed by atoms with Gasteiger partial charge in [-0.2, -0.15) is 0 Å². The summed E-state index contributed by atoms with van der Waals surface area (Å²) in [5, 5.41) is 19.2. The molecular formula is C22H28O4. The SMILES string of the molecule is C[C@]12CC[C@@H]3c4ccc(O)cc4CC[C@H]3[C@@H]1C[C@H]1C2OC(=O)[C@@H]1CCO. The number of aryl methyl sites for hydroxylation is 1. The molecule has 7 atom stereocenters. The number of esters is 1. The van der Waals surface area contributed by atoms with Gasteiger partial charge in [0.05, 0.1) is 5.92 Å². The minimum atomic E-state index is -0.112. The van der Waals surface area contributed by atoms with Crippen molar-refractivity contribution in [2.45, 2.75) is 57.5 Å². The lowest BCUT2D eigenvalue weighted by Crippen LogP contribution is -2.44. The van der Waals surface area contributed by atoms with Gasteiger partial charge in [0, 0.05) is 17.9 Å². The molecule has 140 valence electrons. The molecule has 1 unspecified atom stereocenters. The third kappa shape index (κ3) is 2.14. The number of phenols is 1. The summed E-state index contributed by atoms with van der Waals surface area (Å²) < 4.78 is 5.90. The smallest absolute Gasteiger partial charge is 0.309 e. The lowest BCUT2D eigenvalue weighted by molar-refractivity contribution is -0.151. The standard InChI is InChI=1S/C22H28O4/c1-22-8-6-15-14-5-3-13(24)10-12(14)2-4-16(15)19(22)11-18-17(7-9-23)21(25)26-20(18)22/h3,5,10,15-20,23-24H,2,4,6-9,11H2,1H3/t15-,16-,17-,18-,19+,20?,22+/m1/s1. The molecule has 0 amide bonds. The Morgan fingerprint density at radius 3 is 2.92 bits per heavy atom. The van der Waals surface area contributed by atoms with Gasteiger partial charge in [0.2, 0.25) is 0 Å². The van der Waals surface area contributed by atoms with Crippen molar-refractivity contribution in [2.24, 2.45) is 29.1 Å². The molecule has 2 saturated carbocycles. The van der Waals surface area contributed by atoms with Crippen LogP contribution < -0.4 is 0 Å². The second-order valence-corrected chi connectivity index (χ2v) is 9.22. The molecule has 1 heterocycles. The zero-order chi connectivity index (χ0) is 18.1. The van der Waals surface area contributed by atoms with Gasteiger partial charge in [-0.3, -0.25) is 4.79 Å². The van der Waals surface area contributed by atoms with Crippen molar-refractivity contribution in [2.75, 3.05) is 6.61 Å². The lowest BCUT2D eigenvalue weighted by atomic mass is 9.55. The van der Waals surface area contributed by atoms with Crippen molar-refractivity contribution >= 4 is 5.97 Å². The molecule has 4 heteroatoms. The maximum Gasteiger partial charge on any atom is 0.309 e. The van der Waals surface area contributed by atoms with E-state index in [1.54, 1.807) is 0 Å². The van der Waals surface area contributed by atoms with E-state index < -0.39 is 0 Å². The third-order valence-corrected chi connectivity index (χ3v) is 8.22. The second kappa shape index (κ2) is 5.72. The average Bonchev–Trinajstić information content (AvgIpc) is 3.09. The number of phenolic OH excluding ortho intramolecular Hbond substituents is 1. The molecule has 4 aliphatic rings. The molecule has 0 bridgehead atoms. The summed E-state index contributed by atoms with van der Waals surface area (Å²) in [5.41, 5.74) is 2.83. The third-order valence-electron chi connectivity index (χ3n) is 8.22. The van der Waals surface area contributed by atoms with Crippen LogP contribution in [0, 0.1) is 29.1 Å². The maximum absolute atomic E-state index is 12.3. The van der Waals surface area contributed by atoms with Gasteiger partial charge < -0.3 is 14.9 Å². The van der Waals surface area contributed by atoms with Crippen LogP contribution in [-0.4, -0.2) is 28.9 Å².